The molecule has 0 fully saturated rings. The highest BCUT2D eigenvalue weighted by molar-refractivity contribution is 7.21. The Balaban J connectivity index is 1.41. The molecule has 2 aromatic heterocycles. The third kappa shape index (κ3) is 4.30. The maximum atomic E-state index is 2.47. The SMILES string of the molecule is c1ccc(-c2cccc(-c3sc(-c4c(-c5ccccc5)ccc5c6ccccc6n(-c6ccccc6)c45)c4ccccc34)c2)cc1. The van der Waals surface area contributed by atoms with Crippen molar-refractivity contribution in [1.82, 2.24) is 4.57 Å². The van der Waals surface area contributed by atoms with Gasteiger partial charge in [-0.1, -0.05) is 152 Å². The highest BCUT2D eigenvalue weighted by Gasteiger charge is 2.24. The smallest absolute Gasteiger partial charge is 0.0634 e. The molecule has 0 amide bonds. The van der Waals surface area contributed by atoms with E-state index in [1.54, 1.807) is 0 Å². The first-order valence-corrected chi connectivity index (χ1v) is 16.5. The predicted molar refractivity (Wildman–Crippen MR) is 198 cm³/mol. The van der Waals surface area contributed by atoms with Crippen molar-refractivity contribution < 1.29 is 0 Å². The maximum Gasteiger partial charge on any atom is 0.0634 e. The van der Waals surface area contributed by atoms with Gasteiger partial charge in [0.15, 0.2) is 0 Å². The van der Waals surface area contributed by atoms with E-state index in [1.807, 2.05) is 11.3 Å². The second-order valence-corrected chi connectivity index (χ2v) is 12.7. The minimum absolute atomic E-state index is 1.16. The average molecular weight is 604 g/mol. The van der Waals surface area contributed by atoms with Gasteiger partial charge in [-0.05, 0) is 52.1 Å². The normalized spacial score (nSPS) is 11.5. The monoisotopic (exact) mass is 603 g/mol. The van der Waals surface area contributed by atoms with Crippen molar-refractivity contribution in [2.24, 2.45) is 0 Å². The maximum absolute atomic E-state index is 2.47. The van der Waals surface area contributed by atoms with Gasteiger partial charge in [-0.15, -0.1) is 11.3 Å². The molecular formula is C44H29NS. The van der Waals surface area contributed by atoms with Gasteiger partial charge in [0.2, 0.25) is 0 Å². The minimum Gasteiger partial charge on any atom is -0.309 e. The Morgan fingerprint density at radius 2 is 0.935 bits per heavy atom. The molecule has 0 N–H and O–H groups in total. The number of aromatic nitrogens is 1. The van der Waals surface area contributed by atoms with Crippen LogP contribution in [0.1, 0.15) is 0 Å². The first-order chi connectivity index (χ1) is 22.8. The molecule has 2 heteroatoms. The summed E-state index contributed by atoms with van der Waals surface area (Å²) in [6.45, 7) is 0. The van der Waals surface area contributed by atoms with Crippen LogP contribution < -0.4 is 0 Å². The van der Waals surface area contributed by atoms with Crippen LogP contribution in [0.5, 0.6) is 0 Å². The summed E-state index contributed by atoms with van der Waals surface area (Å²) in [4.78, 5) is 2.59. The third-order valence-corrected chi connectivity index (χ3v) is 10.3. The summed E-state index contributed by atoms with van der Waals surface area (Å²) in [5.41, 5.74) is 11.1. The molecule has 0 aliphatic carbocycles. The highest BCUT2D eigenvalue weighted by atomic mass is 32.1. The Hall–Kier alpha value is -5.70. The lowest BCUT2D eigenvalue weighted by Gasteiger charge is -2.15. The molecule has 0 spiro atoms. The van der Waals surface area contributed by atoms with Gasteiger partial charge < -0.3 is 4.57 Å². The molecule has 0 aliphatic rings. The van der Waals surface area contributed by atoms with Crippen molar-refractivity contribution in [2.45, 2.75) is 0 Å². The Morgan fingerprint density at radius 3 is 1.67 bits per heavy atom. The second-order valence-electron chi connectivity index (χ2n) is 11.7. The van der Waals surface area contributed by atoms with Gasteiger partial charge in [-0.25, -0.2) is 0 Å². The molecule has 0 atom stereocenters. The fourth-order valence-corrected chi connectivity index (χ4v) is 8.29. The van der Waals surface area contributed by atoms with Crippen LogP contribution in [0.2, 0.25) is 0 Å². The molecule has 0 aliphatic heterocycles. The molecule has 0 saturated heterocycles. The number of hydrogen-bond donors (Lipinski definition) is 0. The number of hydrogen-bond acceptors (Lipinski definition) is 1. The molecule has 0 unspecified atom stereocenters. The topological polar surface area (TPSA) is 4.93 Å². The van der Waals surface area contributed by atoms with E-state index in [4.69, 9.17) is 0 Å². The molecule has 1 nitrogen and oxygen atoms in total. The van der Waals surface area contributed by atoms with Crippen molar-refractivity contribution in [3.8, 4) is 48.8 Å². The molecule has 9 rings (SSSR count). The number of thiophene rings is 1. The van der Waals surface area contributed by atoms with E-state index < -0.39 is 0 Å². The molecule has 0 saturated carbocycles. The summed E-state index contributed by atoms with van der Waals surface area (Å²) in [5.74, 6) is 0. The van der Waals surface area contributed by atoms with Crippen LogP contribution in [0.4, 0.5) is 0 Å². The molecule has 46 heavy (non-hydrogen) atoms. The van der Waals surface area contributed by atoms with E-state index in [0.717, 1.165) is 5.69 Å². The summed E-state index contributed by atoms with van der Waals surface area (Å²) in [6.07, 6.45) is 0. The number of nitrogens with zero attached hydrogens (tertiary/aromatic N) is 1. The molecule has 0 bridgehead atoms. The lowest BCUT2D eigenvalue weighted by Crippen LogP contribution is -1.96. The van der Waals surface area contributed by atoms with Gasteiger partial charge in [0.05, 0.1) is 11.0 Å². The predicted octanol–water partition coefficient (Wildman–Crippen LogP) is 12.7. The summed E-state index contributed by atoms with van der Waals surface area (Å²) in [5, 5.41) is 5.09. The van der Waals surface area contributed by atoms with Gasteiger partial charge in [0.1, 0.15) is 0 Å². The Bertz CT molecular complexity index is 2500. The van der Waals surface area contributed by atoms with Crippen LogP contribution >= 0.6 is 11.3 Å². The lowest BCUT2D eigenvalue weighted by atomic mass is 9.94. The van der Waals surface area contributed by atoms with Crippen LogP contribution in [-0.4, -0.2) is 4.57 Å². The molecule has 9 aromatic rings. The van der Waals surface area contributed by atoms with Gasteiger partial charge in [-0.2, -0.15) is 0 Å². The van der Waals surface area contributed by atoms with Crippen molar-refractivity contribution in [2.75, 3.05) is 0 Å². The van der Waals surface area contributed by atoms with Crippen LogP contribution in [-0.2, 0) is 0 Å². The number of benzene rings is 7. The van der Waals surface area contributed by atoms with E-state index in [-0.39, 0.29) is 0 Å². The summed E-state index contributed by atoms with van der Waals surface area (Å²) in [6, 6.07) is 63.7. The van der Waals surface area contributed by atoms with E-state index in [9.17, 15) is 0 Å². The Kier molecular flexibility index (Phi) is 6.40. The zero-order valence-electron chi connectivity index (χ0n) is 25.1. The summed E-state index contributed by atoms with van der Waals surface area (Å²) in [7, 11) is 0. The summed E-state index contributed by atoms with van der Waals surface area (Å²) >= 11 is 1.91. The number of fused-ring (bicyclic) bond motifs is 4. The quantitative estimate of drug-likeness (QED) is 0.184. The molecule has 0 radical (unpaired) electrons. The van der Waals surface area contributed by atoms with Crippen LogP contribution in [0, 0.1) is 0 Å². The fraction of sp³-hybridized carbons (Fsp3) is 0. The second kappa shape index (κ2) is 11.0. The Morgan fingerprint density at radius 1 is 0.370 bits per heavy atom. The molecule has 216 valence electrons. The molecule has 2 heterocycles. The molecule has 7 aromatic carbocycles. The lowest BCUT2D eigenvalue weighted by molar-refractivity contribution is 1.18. The largest absolute Gasteiger partial charge is 0.309 e. The van der Waals surface area contributed by atoms with Crippen molar-refractivity contribution in [3.05, 3.63) is 176 Å². The summed E-state index contributed by atoms with van der Waals surface area (Å²) < 4.78 is 2.47. The van der Waals surface area contributed by atoms with Crippen molar-refractivity contribution in [3.63, 3.8) is 0 Å². The van der Waals surface area contributed by atoms with Crippen molar-refractivity contribution >= 4 is 43.9 Å². The van der Waals surface area contributed by atoms with Gasteiger partial charge in [-0.3, -0.25) is 0 Å². The fourth-order valence-electron chi connectivity index (χ4n) is 6.95. The van der Waals surface area contributed by atoms with Crippen molar-refractivity contribution in [1.29, 1.82) is 0 Å². The zero-order chi connectivity index (χ0) is 30.5. The number of para-hydroxylation sites is 2. The van der Waals surface area contributed by atoms with Crippen LogP contribution in [0.15, 0.2) is 176 Å². The first-order valence-electron chi connectivity index (χ1n) is 15.7. The average Bonchev–Trinajstić information content (AvgIpc) is 3.69. The third-order valence-electron chi connectivity index (χ3n) is 9.02. The van der Waals surface area contributed by atoms with Gasteiger partial charge in [0, 0.05) is 42.6 Å². The molecular weight excluding hydrogens is 575 g/mol. The minimum atomic E-state index is 1.16. The number of rotatable bonds is 5. The van der Waals surface area contributed by atoms with E-state index in [2.05, 4.69) is 180 Å². The Labute approximate surface area is 272 Å². The highest BCUT2D eigenvalue weighted by Crippen LogP contribution is 2.51. The van der Waals surface area contributed by atoms with Gasteiger partial charge in [0.25, 0.3) is 0 Å². The van der Waals surface area contributed by atoms with Crippen LogP contribution in [0.25, 0.3) is 81.4 Å². The van der Waals surface area contributed by atoms with E-state index >= 15 is 0 Å². The van der Waals surface area contributed by atoms with Crippen LogP contribution in [0.3, 0.4) is 0 Å². The zero-order valence-corrected chi connectivity index (χ0v) is 25.9. The van der Waals surface area contributed by atoms with E-state index in [1.165, 1.54) is 75.7 Å². The first kappa shape index (κ1) is 26.7. The standard InChI is InChI=1S/C44H29NS/c1-4-15-30(16-5-1)32-19-14-20-33(29-32)43-38-24-10-11-25-39(38)44(46-43)41-35(31-17-6-2-7-18-31)27-28-37-36-23-12-13-26-40(36)45(42(37)41)34-21-8-3-9-22-34/h1-29H. The van der Waals surface area contributed by atoms with Gasteiger partial charge >= 0.3 is 0 Å². The van der Waals surface area contributed by atoms with E-state index in [0.29, 0.717) is 0 Å².